The van der Waals surface area contributed by atoms with Gasteiger partial charge in [0.25, 0.3) is 11.8 Å². The molecule has 2 N–H and O–H groups in total. The van der Waals surface area contributed by atoms with Crippen molar-refractivity contribution in [3.63, 3.8) is 0 Å². The van der Waals surface area contributed by atoms with E-state index >= 15 is 0 Å². The SMILES string of the molecule is CC.CN=C(/C=C\c1ccc(C2NC(=O)NC2=O)o1)n1cccn1.COc1ccc2c(c1)C(=O)N(C)C2. The summed E-state index contributed by atoms with van der Waals surface area (Å²) in [6, 6.07) is 9.45. The van der Waals surface area contributed by atoms with Gasteiger partial charge < -0.3 is 19.4 Å². The van der Waals surface area contributed by atoms with Crippen LogP contribution in [0.2, 0.25) is 0 Å². The number of hydrogen-bond acceptors (Lipinski definition) is 7. The highest BCUT2D eigenvalue weighted by Gasteiger charge is 2.33. The standard InChI is InChI=1S/C14H13N5O3.C10H11NO2.C2H6/c1-15-11(19-8-2-7-16-19)6-4-9-3-5-10(22-9)12-13(20)18-14(21)17-12;1-11-6-7-3-4-8(13-2)5-9(7)10(11)12;1-2/h2-8,12H,1H3,(H2,17,18,20,21);3-5H,6H2,1-2H3;1-2H3/b6-4-,15-11?;;. The van der Waals surface area contributed by atoms with E-state index in [-0.39, 0.29) is 5.91 Å². The molecular weight excluding hydrogens is 476 g/mol. The number of imide groups is 1. The summed E-state index contributed by atoms with van der Waals surface area (Å²) < 4.78 is 12.2. The van der Waals surface area contributed by atoms with Gasteiger partial charge in [0.05, 0.1) is 7.11 Å². The second-order valence-electron chi connectivity index (χ2n) is 7.69. The molecule has 194 valence electrons. The zero-order valence-electron chi connectivity index (χ0n) is 21.4. The van der Waals surface area contributed by atoms with E-state index in [9.17, 15) is 14.4 Å². The zero-order chi connectivity index (χ0) is 26.9. The van der Waals surface area contributed by atoms with Gasteiger partial charge in [-0.05, 0) is 48.0 Å². The number of amides is 4. The fourth-order valence-electron chi connectivity index (χ4n) is 3.60. The Morgan fingerprint density at radius 2 is 2.00 bits per heavy atom. The number of allylic oxidation sites excluding steroid dienone is 1. The summed E-state index contributed by atoms with van der Waals surface area (Å²) in [7, 11) is 5.06. The van der Waals surface area contributed by atoms with E-state index in [0.717, 1.165) is 16.9 Å². The number of rotatable bonds is 4. The number of carbonyl (C=O) groups is 3. The van der Waals surface area contributed by atoms with Crippen molar-refractivity contribution < 1.29 is 23.5 Å². The lowest BCUT2D eigenvalue weighted by molar-refractivity contribution is -0.120. The van der Waals surface area contributed by atoms with Crippen molar-refractivity contribution in [2.24, 2.45) is 4.99 Å². The van der Waals surface area contributed by atoms with E-state index in [1.165, 1.54) is 0 Å². The van der Waals surface area contributed by atoms with E-state index in [1.807, 2.05) is 26.0 Å². The number of ether oxygens (including phenoxy) is 1. The summed E-state index contributed by atoms with van der Waals surface area (Å²) in [5, 5.41) is 8.72. The maximum atomic E-state index is 11.6. The highest BCUT2D eigenvalue weighted by Crippen LogP contribution is 2.25. The molecule has 2 aliphatic heterocycles. The molecule has 37 heavy (non-hydrogen) atoms. The number of aromatic nitrogens is 2. The molecule has 2 aromatic heterocycles. The molecule has 3 aromatic rings. The van der Waals surface area contributed by atoms with Crippen LogP contribution in [0.4, 0.5) is 4.79 Å². The number of nitrogens with one attached hydrogen (secondary N) is 2. The van der Waals surface area contributed by atoms with Gasteiger partial charge in [-0.1, -0.05) is 19.9 Å². The Kier molecular flexibility index (Phi) is 8.98. The first kappa shape index (κ1) is 26.9. The van der Waals surface area contributed by atoms with Gasteiger partial charge in [-0.25, -0.2) is 9.48 Å². The van der Waals surface area contributed by atoms with Gasteiger partial charge in [0.15, 0.2) is 6.04 Å². The number of furan rings is 1. The number of hydrogen-bond donors (Lipinski definition) is 2. The van der Waals surface area contributed by atoms with Crippen molar-refractivity contribution in [2.45, 2.75) is 26.4 Å². The zero-order valence-corrected chi connectivity index (χ0v) is 21.4. The summed E-state index contributed by atoms with van der Waals surface area (Å²) in [4.78, 5) is 40.0. The Balaban J connectivity index is 0.000000216. The summed E-state index contributed by atoms with van der Waals surface area (Å²) in [6.45, 7) is 4.71. The molecule has 1 atom stereocenters. The first-order valence-corrected chi connectivity index (χ1v) is 11.7. The summed E-state index contributed by atoms with van der Waals surface area (Å²) >= 11 is 0. The molecule has 1 fully saturated rings. The number of nitrogens with zero attached hydrogens (tertiary/aromatic N) is 4. The normalized spacial score (nSPS) is 16.5. The minimum Gasteiger partial charge on any atom is -0.497 e. The molecule has 0 radical (unpaired) electrons. The number of benzene rings is 1. The van der Waals surface area contributed by atoms with Gasteiger partial charge in [-0.15, -0.1) is 0 Å². The molecule has 0 bridgehead atoms. The summed E-state index contributed by atoms with van der Waals surface area (Å²) in [5.74, 6) is 1.93. The predicted octanol–water partition coefficient (Wildman–Crippen LogP) is 3.25. The monoisotopic (exact) mass is 506 g/mol. The molecule has 0 aliphatic carbocycles. The molecule has 0 saturated carbocycles. The van der Waals surface area contributed by atoms with Crippen LogP contribution in [0.3, 0.4) is 0 Å². The van der Waals surface area contributed by atoms with Crippen LogP contribution in [0.5, 0.6) is 5.75 Å². The molecule has 11 heteroatoms. The quantitative estimate of drug-likeness (QED) is 0.317. The van der Waals surface area contributed by atoms with E-state index in [1.54, 1.807) is 79.6 Å². The van der Waals surface area contributed by atoms with Crippen molar-refractivity contribution in [3.8, 4) is 5.75 Å². The fourth-order valence-corrected chi connectivity index (χ4v) is 3.60. The molecule has 4 amide bonds. The van der Waals surface area contributed by atoms with Gasteiger partial charge in [0.1, 0.15) is 23.1 Å². The predicted molar refractivity (Wildman–Crippen MR) is 138 cm³/mol. The van der Waals surface area contributed by atoms with Crippen molar-refractivity contribution in [1.29, 1.82) is 0 Å². The minimum absolute atomic E-state index is 0.0777. The number of fused-ring (bicyclic) bond motifs is 1. The molecule has 0 spiro atoms. The minimum atomic E-state index is -0.792. The molecule has 2 aliphatic rings. The van der Waals surface area contributed by atoms with Gasteiger partial charge in [-0.3, -0.25) is 19.9 Å². The Morgan fingerprint density at radius 3 is 2.62 bits per heavy atom. The van der Waals surface area contributed by atoms with E-state index in [2.05, 4.69) is 20.7 Å². The third-order valence-corrected chi connectivity index (χ3v) is 5.37. The van der Waals surface area contributed by atoms with Crippen molar-refractivity contribution >= 4 is 29.8 Å². The molecule has 1 aromatic carbocycles. The van der Waals surface area contributed by atoms with Gasteiger partial charge >= 0.3 is 6.03 Å². The Morgan fingerprint density at radius 1 is 1.22 bits per heavy atom. The molecule has 4 heterocycles. The van der Waals surface area contributed by atoms with Crippen LogP contribution >= 0.6 is 0 Å². The van der Waals surface area contributed by atoms with Crippen LogP contribution in [0.25, 0.3) is 6.08 Å². The Labute approximate surface area is 214 Å². The van der Waals surface area contributed by atoms with Gasteiger partial charge in [-0.2, -0.15) is 5.10 Å². The molecular formula is C26H30N6O5. The third kappa shape index (κ3) is 6.31. The molecule has 1 saturated heterocycles. The largest absolute Gasteiger partial charge is 0.497 e. The highest BCUT2D eigenvalue weighted by molar-refractivity contribution is 6.04. The van der Waals surface area contributed by atoms with Gasteiger partial charge in [0, 0.05) is 38.6 Å². The van der Waals surface area contributed by atoms with Crippen molar-refractivity contribution in [2.75, 3.05) is 21.2 Å². The smallest absolute Gasteiger partial charge is 0.322 e. The average molecular weight is 507 g/mol. The van der Waals surface area contributed by atoms with Crippen LogP contribution in [0.15, 0.2) is 64.3 Å². The maximum absolute atomic E-state index is 11.6. The second-order valence-corrected chi connectivity index (χ2v) is 7.69. The third-order valence-electron chi connectivity index (χ3n) is 5.37. The van der Waals surface area contributed by atoms with Crippen LogP contribution in [-0.2, 0) is 11.3 Å². The summed E-state index contributed by atoms with van der Waals surface area (Å²) in [5.41, 5.74) is 1.84. The number of carbonyl (C=O) groups excluding carboxylic acids is 3. The lowest BCUT2D eigenvalue weighted by atomic mass is 10.1. The number of methoxy groups -OCH3 is 1. The first-order chi connectivity index (χ1) is 17.9. The molecule has 1 unspecified atom stereocenters. The topological polar surface area (TPSA) is 131 Å². The van der Waals surface area contributed by atoms with E-state index in [4.69, 9.17) is 9.15 Å². The van der Waals surface area contributed by atoms with Crippen molar-refractivity contribution in [1.82, 2.24) is 25.3 Å². The number of aliphatic imine (C=N–C) groups is 1. The molecule has 5 rings (SSSR count). The van der Waals surface area contributed by atoms with E-state index < -0.39 is 18.0 Å². The first-order valence-electron chi connectivity index (χ1n) is 11.7. The fraction of sp³-hybridized carbons (Fsp3) is 0.269. The lowest BCUT2D eigenvalue weighted by Crippen LogP contribution is -2.22. The average Bonchev–Trinajstić information content (AvgIpc) is 3.71. The van der Waals surface area contributed by atoms with Crippen LogP contribution in [-0.4, -0.2) is 59.6 Å². The van der Waals surface area contributed by atoms with E-state index in [0.29, 0.717) is 23.9 Å². The van der Waals surface area contributed by atoms with Gasteiger partial charge in [0.2, 0.25) is 0 Å². The van der Waals surface area contributed by atoms with Crippen LogP contribution in [0.1, 0.15) is 47.3 Å². The maximum Gasteiger partial charge on any atom is 0.322 e. The van der Waals surface area contributed by atoms with Crippen LogP contribution in [0, 0.1) is 0 Å². The Bertz CT molecular complexity index is 1310. The summed E-state index contributed by atoms with van der Waals surface area (Å²) in [6.07, 6.45) is 6.88. The lowest BCUT2D eigenvalue weighted by Gasteiger charge is -2.04. The van der Waals surface area contributed by atoms with Crippen molar-refractivity contribution in [3.05, 3.63) is 77.5 Å². The molecule has 11 nitrogen and oxygen atoms in total. The number of urea groups is 1. The highest BCUT2D eigenvalue weighted by atomic mass is 16.5. The second kappa shape index (κ2) is 12.3. The Hall–Kier alpha value is -4.67. The van der Waals surface area contributed by atoms with Crippen LogP contribution < -0.4 is 15.4 Å².